The lowest BCUT2D eigenvalue weighted by Gasteiger charge is -2.23. The average Bonchev–Trinajstić information content (AvgIpc) is 3.41. The molecule has 178 valence electrons. The van der Waals surface area contributed by atoms with Crippen molar-refractivity contribution in [2.24, 2.45) is 5.92 Å². The molecule has 2 N–H and O–H groups in total. The second-order valence-corrected chi connectivity index (χ2v) is 8.25. The first kappa shape index (κ1) is 23.7. The van der Waals surface area contributed by atoms with Crippen LogP contribution in [0.25, 0.3) is 16.6 Å². The van der Waals surface area contributed by atoms with Gasteiger partial charge in [0.05, 0.1) is 5.52 Å². The second kappa shape index (κ2) is 10.2. The van der Waals surface area contributed by atoms with Crippen molar-refractivity contribution < 1.29 is 24.6 Å². The summed E-state index contributed by atoms with van der Waals surface area (Å²) in [4.78, 5) is 36.9. The zero-order chi connectivity index (χ0) is 24.9. The van der Waals surface area contributed by atoms with Gasteiger partial charge in [-0.2, -0.15) is 0 Å². The molecule has 2 aromatic carbocycles. The standard InChI is InChI=1S/C23H21N3O.C4H4O4/c1-16-24-13-14-25(16)15-17-11-12-21-22(23(17)27)19-9-5-6-10-20(19)26(21)18-7-3-2-4-8-18;5-3(6)1-2-4(7)8/h2-10,13-14,17H,11-12,15H2,1H3;1-2H,(H,5,6)(H,7,8)/b;2-1-. The van der Waals surface area contributed by atoms with Crippen LogP contribution in [0.1, 0.15) is 28.3 Å². The molecule has 0 aliphatic heterocycles. The average molecular weight is 472 g/mol. The summed E-state index contributed by atoms with van der Waals surface area (Å²) in [6.45, 7) is 2.69. The molecule has 0 radical (unpaired) electrons. The van der Waals surface area contributed by atoms with Gasteiger partial charge in [-0.05, 0) is 38.0 Å². The highest BCUT2D eigenvalue weighted by atomic mass is 16.4. The third-order valence-electron chi connectivity index (χ3n) is 6.04. The third-order valence-corrected chi connectivity index (χ3v) is 6.04. The maximum atomic E-state index is 13.5. The molecule has 0 bridgehead atoms. The lowest BCUT2D eigenvalue weighted by atomic mass is 9.85. The van der Waals surface area contributed by atoms with Crippen LogP contribution in [0.5, 0.6) is 0 Å². The van der Waals surface area contributed by atoms with E-state index in [9.17, 15) is 14.4 Å². The predicted molar refractivity (Wildman–Crippen MR) is 131 cm³/mol. The van der Waals surface area contributed by atoms with Crippen LogP contribution in [0.4, 0.5) is 0 Å². The maximum Gasteiger partial charge on any atom is 0.328 e. The Hall–Kier alpha value is -4.46. The Balaban J connectivity index is 0.000000314. The van der Waals surface area contributed by atoms with E-state index in [1.54, 1.807) is 6.20 Å². The van der Waals surface area contributed by atoms with E-state index < -0.39 is 11.9 Å². The van der Waals surface area contributed by atoms with Crippen LogP contribution in [-0.4, -0.2) is 42.1 Å². The summed E-state index contributed by atoms with van der Waals surface area (Å²) >= 11 is 0. The van der Waals surface area contributed by atoms with Crippen molar-refractivity contribution in [1.82, 2.24) is 14.1 Å². The van der Waals surface area contributed by atoms with Gasteiger partial charge in [0.1, 0.15) is 5.82 Å². The molecule has 35 heavy (non-hydrogen) atoms. The van der Waals surface area contributed by atoms with E-state index in [1.807, 2.05) is 43.5 Å². The fraction of sp³-hybridized carbons (Fsp3) is 0.185. The number of aliphatic carboxylic acids is 2. The van der Waals surface area contributed by atoms with Gasteiger partial charge in [-0.15, -0.1) is 0 Å². The molecule has 2 heterocycles. The Morgan fingerprint density at radius 3 is 2.31 bits per heavy atom. The SMILES string of the molecule is Cc1nccn1CC1CCc2c(c3ccccc3n2-c2ccccc2)C1=O.O=C(O)/C=C\C(=O)O. The fourth-order valence-electron chi connectivity index (χ4n) is 4.47. The normalized spacial score (nSPS) is 15.0. The molecule has 8 heteroatoms. The summed E-state index contributed by atoms with van der Waals surface area (Å²) in [5.74, 6) is -1.30. The van der Waals surface area contributed by atoms with Crippen molar-refractivity contribution >= 4 is 28.6 Å². The first-order valence-electron chi connectivity index (χ1n) is 11.2. The highest BCUT2D eigenvalue weighted by Gasteiger charge is 2.33. The van der Waals surface area contributed by atoms with Crippen LogP contribution in [0, 0.1) is 12.8 Å². The Kier molecular flexibility index (Phi) is 6.91. The van der Waals surface area contributed by atoms with Crippen molar-refractivity contribution in [3.05, 3.63) is 96.2 Å². The molecular weight excluding hydrogens is 446 g/mol. The van der Waals surface area contributed by atoms with Gasteiger partial charge in [0.15, 0.2) is 5.78 Å². The number of carbonyl (C=O) groups excluding carboxylic acids is 1. The van der Waals surface area contributed by atoms with E-state index in [-0.39, 0.29) is 11.7 Å². The molecule has 4 aromatic rings. The molecule has 0 amide bonds. The number of benzene rings is 2. The van der Waals surface area contributed by atoms with Crippen LogP contribution < -0.4 is 0 Å². The summed E-state index contributed by atoms with van der Waals surface area (Å²) in [7, 11) is 0. The fourth-order valence-corrected chi connectivity index (χ4v) is 4.47. The number of aryl methyl sites for hydroxylation is 1. The van der Waals surface area contributed by atoms with Crippen LogP contribution in [0.3, 0.4) is 0 Å². The first-order chi connectivity index (χ1) is 16.9. The molecule has 2 aromatic heterocycles. The minimum absolute atomic E-state index is 0.000398. The lowest BCUT2D eigenvalue weighted by Crippen LogP contribution is -2.27. The number of aromatic nitrogens is 3. The molecule has 1 unspecified atom stereocenters. The Morgan fingerprint density at radius 2 is 1.69 bits per heavy atom. The van der Waals surface area contributed by atoms with Gasteiger partial charge in [0.2, 0.25) is 0 Å². The topological polar surface area (TPSA) is 114 Å². The molecule has 1 aliphatic rings. The van der Waals surface area contributed by atoms with E-state index in [1.165, 1.54) is 0 Å². The first-order valence-corrected chi connectivity index (χ1v) is 11.2. The van der Waals surface area contributed by atoms with Gasteiger partial charge < -0.3 is 19.3 Å². The Morgan fingerprint density at radius 1 is 1.03 bits per heavy atom. The number of carbonyl (C=O) groups is 3. The molecular formula is C27H25N3O5. The van der Waals surface area contributed by atoms with E-state index in [0.29, 0.717) is 18.7 Å². The minimum atomic E-state index is -1.26. The molecule has 5 rings (SSSR count). The van der Waals surface area contributed by atoms with Crippen LogP contribution in [0.2, 0.25) is 0 Å². The van der Waals surface area contributed by atoms with Gasteiger partial charge in [0, 0.05) is 59.3 Å². The van der Waals surface area contributed by atoms with Gasteiger partial charge in [0.25, 0.3) is 0 Å². The van der Waals surface area contributed by atoms with Crippen molar-refractivity contribution in [2.45, 2.75) is 26.3 Å². The number of carboxylic acids is 2. The number of para-hydroxylation sites is 2. The predicted octanol–water partition coefficient (Wildman–Crippen LogP) is 4.29. The largest absolute Gasteiger partial charge is 0.478 e. The lowest BCUT2D eigenvalue weighted by molar-refractivity contribution is -0.134. The van der Waals surface area contributed by atoms with Crippen molar-refractivity contribution in [3.8, 4) is 5.69 Å². The number of imidazole rings is 1. The van der Waals surface area contributed by atoms with Crippen molar-refractivity contribution in [3.63, 3.8) is 0 Å². The number of hydrogen-bond acceptors (Lipinski definition) is 4. The van der Waals surface area contributed by atoms with Crippen LogP contribution in [-0.2, 0) is 22.6 Å². The number of ketones is 1. The monoisotopic (exact) mass is 471 g/mol. The maximum absolute atomic E-state index is 13.5. The zero-order valence-corrected chi connectivity index (χ0v) is 19.2. The van der Waals surface area contributed by atoms with E-state index in [2.05, 4.69) is 38.4 Å². The minimum Gasteiger partial charge on any atom is -0.478 e. The summed E-state index contributed by atoms with van der Waals surface area (Å²) in [5, 5.41) is 16.7. The highest BCUT2D eigenvalue weighted by molar-refractivity contribution is 6.11. The summed E-state index contributed by atoms with van der Waals surface area (Å²) in [6, 6.07) is 18.6. The molecule has 0 spiro atoms. The Labute approximate surface area is 201 Å². The molecule has 1 atom stereocenters. The number of fused-ring (bicyclic) bond motifs is 3. The van der Waals surface area contributed by atoms with Crippen LogP contribution in [0.15, 0.2) is 79.1 Å². The number of Topliss-reactive ketones (excluding diaryl/α,β-unsaturated/α-hetero) is 1. The highest BCUT2D eigenvalue weighted by Crippen LogP contribution is 2.36. The molecule has 0 saturated carbocycles. The van der Waals surface area contributed by atoms with E-state index in [4.69, 9.17) is 10.2 Å². The number of rotatable bonds is 5. The third kappa shape index (κ3) is 5.06. The van der Waals surface area contributed by atoms with Gasteiger partial charge in [-0.25, -0.2) is 14.6 Å². The molecule has 1 aliphatic carbocycles. The molecule has 8 nitrogen and oxygen atoms in total. The number of carboxylic acid groups (broad SMARTS) is 2. The zero-order valence-electron chi connectivity index (χ0n) is 19.2. The van der Waals surface area contributed by atoms with E-state index in [0.717, 1.165) is 46.5 Å². The van der Waals surface area contributed by atoms with Crippen molar-refractivity contribution in [1.29, 1.82) is 0 Å². The molecule has 0 saturated heterocycles. The van der Waals surface area contributed by atoms with Gasteiger partial charge in [-0.1, -0.05) is 36.4 Å². The van der Waals surface area contributed by atoms with Crippen molar-refractivity contribution in [2.75, 3.05) is 0 Å². The van der Waals surface area contributed by atoms with Gasteiger partial charge >= 0.3 is 11.9 Å². The second-order valence-electron chi connectivity index (χ2n) is 8.25. The van der Waals surface area contributed by atoms with E-state index >= 15 is 0 Å². The summed E-state index contributed by atoms with van der Waals surface area (Å²) in [5.41, 5.74) is 4.28. The Bertz CT molecular complexity index is 1400. The molecule has 0 fully saturated rings. The van der Waals surface area contributed by atoms with Crippen LogP contribution >= 0.6 is 0 Å². The summed E-state index contributed by atoms with van der Waals surface area (Å²) in [6.07, 6.45) is 6.65. The number of hydrogen-bond donors (Lipinski definition) is 2. The summed E-state index contributed by atoms with van der Waals surface area (Å²) < 4.78 is 4.35. The quantitative estimate of drug-likeness (QED) is 0.420. The smallest absolute Gasteiger partial charge is 0.328 e. The number of nitrogens with zero attached hydrogens (tertiary/aromatic N) is 3. The van der Waals surface area contributed by atoms with Gasteiger partial charge in [-0.3, -0.25) is 4.79 Å².